The van der Waals surface area contributed by atoms with E-state index in [4.69, 9.17) is 4.74 Å². The molecule has 1 heterocycles. The van der Waals surface area contributed by atoms with Crippen LogP contribution in [-0.4, -0.2) is 5.97 Å². The van der Waals surface area contributed by atoms with Crippen LogP contribution in [0.3, 0.4) is 0 Å². The highest BCUT2D eigenvalue weighted by Gasteiger charge is 2.31. The third kappa shape index (κ3) is 2.45. The van der Waals surface area contributed by atoms with Crippen LogP contribution in [0.2, 0.25) is 0 Å². The van der Waals surface area contributed by atoms with Crippen molar-refractivity contribution in [1.82, 2.24) is 0 Å². The van der Waals surface area contributed by atoms with Crippen molar-refractivity contribution >= 4 is 21.9 Å². The Morgan fingerprint density at radius 1 is 1.10 bits per heavy atom. The average molecular weight is 339 g/mol. The van der Waals surface area contributed by atoms with Crippen molar-refractivity contribution in [3.63, 3.8) is 0 Å². The van der Waals surface area contributed by atoms with E-state index in [9.17, 15) is 13.6 Å². The molecule has 0 bridgehead atoms. The topological polar surface area (TPSA) is 26.3 Å². The number of benzene rings is 2. The molecule has 0 aliphatic carbocycles. The van der Waals surface area contributed by atoms with Gasteiger partial charge in [0.1, 0.15) is 17.7 Å². The lowest BCUT2D eigenvalue weighted by atomic mass is 9.99. The summed E-state index contributed by atoms with van der Waals surface area (Å²) >= 11 is 3.29. The molecule has 2 nitrogen and oxygen atoms in total. The molecule has 3 rings (SSSR count). The van der Waals surface area contributed by atoms with Gasteiger partial charge in [-0.25, -0.2) is 13.6 Å². The fraction of sp³-hybridized carbons (Fsp3) is 0.133. The molecule has 0 saturated heterocycles. The molecular weight excluding hydrogens is 330 g/mol. The first-order chi connectivity index (χ1) is 9.52. The first kappa shape index (κ1) is 13.2. The summed E-state index contributed by atoms with van der Waals surface area (Å²) in [7, 11) is 0. The first-order valence-electron chi connectivity index (χ1n) is 5.98. The maximum atomic E-state index is 13.2. The minimum atomic E-state index is -0.639. The molecule has 0 aromatic heterocycles. The Kier molecular flexibility index (Phi) is 3.30. The van der Waals surface area contributed by atoms with Gasteiger partial charge in [-0.05, 0) is 29.8 Å². The van der Waals surface area contributed by atoms with Gasteiger partial charge >= 0.3 is 5.97 Å². The molecule has 0 N–H and O–H groups in total. The lowest BCUT2D eigenvalue weighted by Gasteiger charge is -2.11. The molecular formula is C15H9BrF2O2. The Hall–Kier alpha value is -1.75. The Morgan fingerprint density at radius 3 is 2.50 bits per heavy atom. The van der Waals surface area contributed by atoms with Crippen molar-refractivity contribution in [3.8, 4) is 0 Å². The lowest BCUT2D eigenvalue weighted by Crippen LogP contribution is -2.03. The van der Waals surface area contributed by atoms with Gasteiger partial charge < -0.3 is 4.74 Å². The van der Waals surface area contributed by atoms with E-state index in [2.05, 4.69) is 15.9 Å². The molecule has 1 unspecified atom stereocenters. The molecule has 5 heteroatoms. The van der Waals surface area contributed by atoms with Crippen LogP contribution >= 0.6 is 15.9 Å². The smallest absolute Gasteiger partial charge is 0.339 e. The second kappa shape index (κ2) is 4.98. The van der Waals surface area contributed by atoms with Gasteiger partial charge in [0.15, 0.2) is 0 Å². The van der Waals surface area contributed by atoms with E-state index in [1.54, 1.807) is 18.2 Å². The number of hydrogen-bond donors (Lipinski definition) is 0. The van der Waals surface area contributed by atoms with Crippen molar-refractivity contribution < 1.29 is 18.3 Å². The van der Waals surface area contributed by atoms with Crippen LogP contribution in [-0.2, 0) is 11.2 Å². The van der Waals surface area contributed by atoms with E-state index in [0.29, 0.717) is 11.1 Å². The van der Waals surface area contributed by atoms with E-state index < -0.39 is 23.7 Å². The Labute approximate surface area is 122 Å². The van der Waals surface area contributed by atoms with Gasteiger partial charge in [-0.3, -0.25) is 0 Å². The number of carbonyl (C=O) groups is 1. The highest BCUT2D eigenvalue weighted by atomic mass is 79.9. The van der Waals surface area contributed by atoms with Gasteiger partial charge in [-0.15, -0.1) is 0 Å². The molecule has 2 aromatic carbocycles. The molecule has 1 atom stereocenters. The monoisotopic (exact) mass is 338 g/mol. The quantitative estimate of drug-likeness (QED) is 0.768. The van der Waals surface area contributed by atoms with Crippen molar-refractivity contribution in [3.05, 3.63) is 69.2 Å². The maximum Gasteiger partial charge on any atom is 0.339 e. The molecule has 0 fully saturated rings. The normalized spacial score (nSPS) is 16.9. The van der Waals surface area contributed by atoms with Crippen LogP contribution in [0.15, 0.2) is 40.9 Å². The van der Waals surface area contributed by atoms with Crippen molar-refractivity contribution in [2.75, 3.05) is 0 Å². The first-order valence-corrected chi connectivity index (χ1v) is 6.77. The molecule has 1 aliphatic heterocycles. The molecule has 102 valence electrons. The minimum Gasteiger partial charge on any atom is -0.454 e. The molecule has 1 aliphatic rings. The summed E-state index contributed by atoms with van der Waals surface area (Å²) in [6.45, 7) is 0. The average Bonchev–Trinajstić information content (AvgIpc) is 2.64. The molecule has 0 saturated carbocycles. The molecule has 20 heavy (non-hydrogen) atoms. The number of hydrogen-bond acceptors (Lipinski definition) is 2. The van der Waals surface area contributed by atoms with Gasteiger partial charge in [0.25, 0.3) is 0 Å². The van der Waals surface area contributed by atoms with Crippen LogP contribution < -0.4 is 0 Å². The zero-order valence-electron chi connectivity index (χ0n) is 10.2. The van der Waals surface area contributed by atoms with E-state index in [0.717, 1.165) is 16.1 Å². The van der Waals surface area contributed by atoms with Crippen LogP contribution in [0, 0.1) is 11.6 Å². The van der Waals surface area contributed by atoms with Gasteiger partial charge in [0, 0.05) is 22.5 Å². The van der Waals surface area contributed by atoms with Gasteiger partial charge in [-0.2, -0.15) is 0 Å². The summed E-state index contributed by atoms with van der Waals surface area (Å²) in [6, 6.07) is 8.57. The Bertz CT molecular complexity index is 680. The molecule has 0 radical (unpaired) electrons. The third-order valence-corrected chi connectivity index (χ3v) is 3.67. The van der Waals surface area contributed by atoms with Gasteiger partial charge in [0.05, 0.1) is 5.56 Å². The van der Waals surface area contributed by atoms with Crippen LogP contribution in [0.5, 0.6) is 0 Å². The fourth-order valence-electron chi connectivity index (χ4n) is 2.34. The summed E-state index contributed by atoms with van der Waals surface area (Å²) in [6.07, 6.45) is -0.263. The number of halogens is 3. The van der Waals surface area contributed by atoms with Crippen LogP contribution in [0.1, 0.15) is 27.6 Å². The number of ether oxygens (including phenoxy) is 1. The number of fused-ring (bicyclic) bond motifs is 1. The van der Waals surface area contributed by atoms with Crippen molar-refractivity contribution in [2.45, 2.75) is 12.5 Å². The number of carbonyl (C=O) groups excluding carboxylic acids is 1. The van der Waals surface area contributed by atoms with Crippen LogP contribution in [0.25, 0.3) is 0 Å². The summed E-state index contributed by atoms with van der Waals surface area (Å²) < 4.78 is 32.4. The molecule has 0 amide bonds. The summed E-state index contributed by atoms with van der Waals surface area (Å²) in [4.78, 5) is 11.8. The second-order valence-corrected chi connectivity index (χ2v) is 5.52. The fourth-order valence-corrected chi connectivity index (χ4v) is 2.70. The van der Waals surface area contributed by atoms with Crippen molar-refractivity contribution in [2.24, 2.45) is 0 Å². The minimum absolute atomic E-state index is 0.245. The Morgan fingerprint density at radius 2 is 1.80 bits per heavy atom. The Balaban J connectivity index is 1.92. The molecule has 0 spiro atoms. The zero-order chi connectivity index (χ0) is 14.3. The SMILES string of the molecule is O=C1OC(Cc2cc(F)cc(F)c2)c2ccc(Br)cc21. The summed E-state index contributed by atoms with van der Waals surface area (Å²) in [5, 5.41) is 0. The lowest BCUT2D eigenvalue weighted by molar-refractivity contribution is 0.0387. The van der Waals surface area contributed by atoms with E-state index in [-0.39, 0.29) is 6.42 Å². The second-order valence-electron chi connectivity index (χ2n) is 4.61. The number of cyclic esters (lactones) is 1. The van der Waals surface area contributed by atoms with Gasteiger partial charge in [0.2, 0.25) is 0 Å². The third-order valence-electron chi connectivity index (χ3n) is 3.17. The maximum absolute atomic E-state index is 13.2. The van der Waals surface area contributed by atoms with Crippen molar-refractivity contribution in [1.29, 1.82) is 0 Å². The summed E-state index contributed by atoms with van der Waals surface area (Å²) in [5.74, 6) is -1.69. The van der Waals surface area contributed by atoms with E-state index in [1.807, 2.05) is 0 Å². The zero-order valence-corrected chi connectivity index (χ0v) is 11.8. The standard InChI is InChI=1S/C15H9BrF2O2/c16-9-1-2-12-13(6-9)15(19)20-14(12)5-8-3-10(17)7-11(18)4-8/h1-4,6-7,14H,5H2. The predicted octanol–water partition coefficient (Wildman–Crippen LogP) is 4.18. The number of esters is 1. The van der Waals surface area contributed by atoms with Crippen LogP contribution in [0.4, 0.5) is 8.78 Å². The van der Waals surface area contributed by atoms with E-state index in [1.165, 1.54) is 12.1 Å². The highest BCUT2D eigenvalue weighted by molar-refractivity contribution is 9.10. The van der Waals surface area contributed by atoms with E-state index >= 15 is 0 Å². The summed E-state index contributed by atoms with van der Waals surface area (Å²) in [5.41, 5.74) is 1.68. The molecule has 2 aromatic rings. The number of rotatable bonds is 2. The highest BCUT2D eigenvalue weighted by Crippen LogP contribution is 2.34. The predicted molar refractivity (Wildman–Crippen MR) is 72.4 cm³/mol. The largest absolute Gasteiger partial charge is 0.454 e. The van der Waals surface area contributed by atoms with Gasteiger partial charge in [-0.1, -0.05) is 22.0 Å².